The molecule has 0 aromatic heterocycles. The Balaban J connectivity index is 2.08. The fourth-order valence-electron chi connectivity index (χ4n) is 2.39. The van der Waals surface area contributed by atoms with Crippen LogP contribution >= 0.6 is 11.9 Å². The summed E-state index contributed by atoms with van der Waals surface area (Å²) < 4.78 is 44.5. The zero-order chi connectivity index (χ0) is 20.0. The number of aliphatic hydroxyl groups is 4. The average Bonchev–Trinajstić information content (AvgIpc) is 2.63. The second-order valence-electron chi connectivity index (χ2n) is 5.78. The van der Waals surface area contributed by atoms with Gasteiger partial charge in [-0.15, -0.1) is 0 Å². The minimum Gasteiger partial charge on any atom is -0.394 e. The van der Waals surface area contributed by atoms with Gasteiger partial charge in [-0.3, -0.25) is 4.55 Å². The first-order valence-electron chi connectivity index (χ1n) is 7.95. The van der Waals surface area contributed by atoms with Crippen LogP contribution in [0.25, 0.3) is 0 Å². The summed E-state index contributed by atoms with van der Waals surface area (Å²) in [5.74, 6) is -0.344. The minimum atomic E-state index is -4.81. The van der Waals surface area contributed by atoms with E-state index in [1.165, 1.54) is 0 Å². The van der Waals surface area contributed by atoms with Crippen molar-refractivity contribution < 1.29 is 42.3 Å². The SMILES string of the molecule is O=S(=O)(O)O/C(CCc1ccccc1)=N/S[C@@H]1O[C@H](CO)[C@@H](O)[C@H](O)[C@H]1O. The molecule has 1 saturated heterocycles. The van der Waals surface area contributed by atoms with Crippen molar-refractivity contribution in [2.24, 2.45) is 4.40 Å². The highest BCUT2D eigenvalue weighted by molar-refractivity contribution is 7.98. The maximum absolute atomic E-state index is 11.0. The molecule has 1 aliphatic rings. The van der Waals surface area contributed by atoms with E-state index in [0.29, 0.717) is 18.4 Å². The van der Waals surface area contributed by atoms with Crippen LogP contribution in [0.3, 0.4) is 0 Å². The molecule has 1 aromatic carbocycles. The third-order valence-corrected chi connectivity index (χ3v) is 5.09. The number of aliphatic hydroxyl groups excluding tert-OH is 4. The quantitative estimate of drug-likeness (QED) is 0.163. The Hall–Kier alpha value is -1.25. The largest absolute Gasteiger partial charge is 0.447 e. The standard InChI is InChI=1S/C15H21NO9S2/c17-8-10-12(18)13(19)14(20)15(24-10)26-16-11(25-27(21,22)23)7-6-9-4-2-1-3-5-9/h1-5,10,12-15,17-20H,6-8H2,(H,21,22,23)/b16-11+/t10-,12-,13+,14-,15+/m1/s1. The van der Waals surface area contributed by atoms with Crippen molar-refractivity contribution in [2.75, 3.05) is 6.61 Å². The van der Waals surface area contributed by atoms with Gasteiger partial charge in [0.2, 0.25) is 5.90 Å². The monoisotopic (exact) mass is 423 g/mol. The molecular formula is C15H21NO9S2. The molecule has 10 nitrogen and oxygen atoms in total. The Bertz CT molecular complexity index is 726. The van der Waals surface area contributed by atoms with Gasteiger partial charge < -0.3 is 29.3 Å². The van der Waals surface area contributed by atoms with Crippen LogP contribution in [-0.4, -0.2) is 75.8 Å². The van der Waals surface area contributed by atoms with Crippen molar-refractivity contribution in [1.82, 2.24) is 0 Å². The highest BCUT2D eigenvalue weighted by atomic mass is 32.3. The van der Waals surface area contributed by atoms with Crippen molar-refractivity contribution in [1.29, 1.82) is 0 Å². The molecule has 2 rings (SSSR count). The fraction of sp³-hybridized carbons (Fsp3) is 0.533. The molecule has 1 aliphatic heterocycles. The zero-order valence-corrected chi connectivity index (χ0v) is 15.7. The van der Waals surface area contributed by atoms with E-state index >= 15 is 0 Å². The lowest BCUT2D eigenvalue weighted by molar-refractivity contribution is -0.205. The Morgan fingerprint density at radius 3 is 2.41 bits per heavy atom. The van der Waals surface area contributed by atoms with Crippen molar-refractivity contribution in [3.05, 3.63) is 35.9 Å². The maximum Gasteiger partial charge on any atom is 0.447 e. The highest BCUT2D eigenvalue weighted by Crippen LogP contribution is 2.29. The van der Waals surface area contributed by atoms with Gasteiger partial charge in [0, 0.05) is 18.4 Å². The molecule has 0 saturated carbocycles. The van der Waals surface area contributed by atoms with Crippen LogP contribution in [0.15, 0.2) is 34.7 Å². The molecule has 152 valence electrons. The van der Waals surface area contributed by atoms with E-state index in [0.717, 1.165) is 5.56 Å². The van der Waals surface area contributed by atoms with Gasteiger partial charge in [-0.2, -0.15) is 12.8 Å². The van der Waals surface area contributed by atoms with Crippen molar-refractivity contribution in [3.63, 3.8) is 0 Å². The first-order chi connectivity index (χ1) is 12.7. The minimum absolute atomic E-state index is 0.0220. The zero-order valence-electron chi connectivity index (χ0n) is 14.0. The number of nitrogens with zero attached hydrogens (tertiary/aromatic N) is 1. The highest BCUT2D eigenvalue weighted by Gasteiger charge is 2.44. The lowest BCUT2D eigenvalue weighted by atomic mass is 10.0. The second kappa shape index (κ2) is 9.80. The number of hydrogen-bond acceptors (Lipinski definition) is 10. The summed E-state index contributed by atoms with van der Waals surface area (Å²) in [5, 5.41) is 38.6. The van der Waals surface area contributed by atoms with Crippen LogP contribution in [0.5, 0.6) is 0 Å². The molecule has 0 bridgehead atoms. The molecule has 0 amide bonds. The first-order valence-corrected chi connectivity index (χ1v) is 10.2. The molecule has 1 aromatic rings. The van der Waals surface area contributed by atoms with Crippen LogP contribution in [0.2, 0.25) is 0 Å². The molecule has 0 aliphatic carbocycles. The normalized spacial score (nSPS) is 29.5. The number of ether oxygens (including phenoxy) is 1. The molecule has 12 heteroatoms. The summed E-state index contributed by atoms with van der Waals surface area (Å²) in [5.41, 5.74) is -0.320. The van der Waals surface area contributed by atoms with Gasteiger partial charge in [-0.05, 0) is 12.0 Å². The Morgan fingerprint density at radius 1 is 1.15 bits per heavy atom. The summed E-state index contributed by atoms with van der Waals surface area (Å²) >= 11 is 0.547. The van der Waals surface area contributed by atoms with E-state index in [9.17, 15) is 23.7 Å². The number of rotatable bonds is 7. The number of benzene rings is 1. The molecule has 5 N–H and O–H groups in total. The molecular weight excluding hydrogens is 402 g/mol. The van der Waals surface area contributed by atoms with Crippen molar-refractivity contribution >= 4 is 28.2 Å². The molecule has 0 radical (unpaired) electrons. The lowest BCUT2D eigenvalue weighted by Crippen LogP contribution is -2.57. The van der Waals surface area contributed by atoms with E-state index < -0.39 is 46.9 Å². The van der Waals surface area contributed by atoms with Gasteiger partial charge in [0.05, 0.1) is 6.61 Å². The van der Waals surface area contributed by atoms with E-state index in [-0.39, 0.29) is 12.3 Å². The van der Waals surface area contributed by atoms with E-state index in [2.05, 4.69) is 8.58 Å². The molecule has 27 heavy (non-hydrogen) atoms. The third kappa shape index (κ3) is 6.69. The van der Waals surface area contributed by atoms with E-state index in [1.54, 1.807) is 12.1 Å². The lowest BCUT2D eigenvalue weighted by Gasteiger charge is -2.38. The molecule has 1 fully saturated rings. The molecule has 1 heterocycles. The van der Waals surface area contributed by atoms with Gasteiger partial charge in [0.25, 0.3) is 0 Å². The van der Waals surface area contributed by atoms with Crippen LogP contribution in [0, 0.1) is 0 Å². The van der Waals surface area contributed by atoms with Gasteiger partial charge >= 0.3 is 10.4 Å². The second-order valence-corrected chi connectivity index (χ2v) is 7.66. The number of hydrogen-bond donors (Lipinski definition) is 5. The summed E-state index contributed by atoms with van der Waals surface area (Å²) in [4.78, 5) is 0. The van der Waals surface area contributed by atoms with Crippen LogP contribution in [0.4, 0.5) is 0 Å². The average molecular weight is 423 g/mol. The predicted octanol–water partition coefficient (Wildman–Crippen LogP) is -0.715. The van der Waals surface area contributed by atoms with Crippen LogP contribution in [0.1, 0.15) is 12.0 Å². The Morgan fingerprint density at radius 2 is 1.81 bits per heavy atom. The van der Waals surface area contributed by atoms with Crippen LogP contribution < -0.4 is 0 Å². The number of aryl methyl sites for hydroxylation is 1. The summed E-state index contributed by atoms with van der Waals surface area (Å²) in [6.45, 7) is -0.603. The topological polar surface area (TPSA) is 166 Å². The Kier molecular flexibility index (Phi) is 8.00. The van der Waals surface area contributed by atoms with Gasteiger partial charge in [-0.25, -0.2) is 0 Å². The van der Waals surface area contributed by atoms with Gasteiger partial charge in [-0.1, -0.05) is 30.3 Å². The van der Waals surface area contributed by atoms with E-state index in [1.807, 2.05) is 18.2 Å². The smallest absolute Gasteiger partial charge is 0.394 e. The fourth-order valence-corrected chi connectivity index (χ4v) is 3.62. The third-order valence-electron chi connectivity index (χ3n) is 3.78. The molecule has 5 atom stereocenters. The van der Waals surface area contributed by atoms with Crippen molar-refractivity contribution in [3.8, 4) is 0 Å². The predicted molar refractivity (Wildman–Crippen MR) is 96.2 cm³/mol. The molecule has 0 spiro atoms. The van der Waals surface area contributed by atoms with Gasteiger partial charge in [0.15, 0.2) is 5.44 Å². The molecule has 0 unspecified atom stereocenters. The summed E-state index contributed by atoms with van der Waals surface area (Å²) in [7, 11) is -4.81. The van der Waals surface area contributed by atoms with Gasteiger partial charge in [0.1, 0.15) is 24.4 Å². The van der Waals surface area contributed by atoms with Crippen LogP contribution in [-0.2, 0) is 25.7 Å². The summed E-state index contributed by atoms with van der Waals surface area (Å²) in [6, 6.07) is 9.06. The summed E-state index contributed by atoms with van der Waals surface area (Å²) in [6.07, 6.45) is -5.38. The van der Waals surface area contributed by atoms with Crippen molar-refractivity contribution in [2.45, 2.75) is 42.7 Å². The maximum atomic E-state index is 11.0. The Labute approximate surface area is 160 Å². The van der Waals surface area contributed by atoms with E-state index in [4.69, 9.17) is 14.4 Å². The first kappa shape index (κ1) is 22.0.